The van der Waals surface area contributed by atoms with Crippen LogP contribution in [-0.2, 0) is 24.4 Å². The van der Waals surface area contributed by atoms with Crippen LogP contribution in [0.4, 0.5) is 17.6 Å². The Morgan fingerprint density at radius 2 is 1.92 bits per heavy atom. The molecule has 1 fully saturated rings. The van der Waals surface area contributed by atoms with Gasteiger partial charge in [-0.1, -0.05) is 38.4 Å². The number of carbonyl (C=O) groups is 1. The van der Waals surface area contributed by atoms with Crippen molar-refractivity contribution in [2.45, 2.75) is 71.1 Å². The van der Waals surface area contributed by atoms with Gasteiger partial charge in [-0.05, 0) is 55.7 Å². The third kappa shape index (κ3) is 8.08. The highest BCUT2D eigenvalue weighted by molar-refractivity contribution is 7.51. The number of hydrogen-bond acceptors (Lipinski definition) is 5. The molecular formula is C24H30ClF4N3O4S. The number of rotatable bonds is 7. The molecule has 13 heteroatoms. The van der Waals surface area contributed by atoms with E-state index in [0.29, 0.717) is 31.0 Å². The first-order valence-corrected chi connectivity index (χ1v) is 12.9. The standard InChI is InChI=1S/C24H30ClF4N3O2.O2S/c1-4-19-31-20(22(33)30-13-23(34)9-7-14(2)8-10-23)21(25)32(19)18-6-5-16(12-17(18)26)11-15(3)24(27,28)29;1-3-2/h5-6,12,14-15,34H,4,7-11,13H2,1-3H3,(H,30,33);. The van der Waals surface area contributed by atoms with Crippen molar-refractivity contribution in [3.63, 3.8) is 0 Å². The summed E-state index contributed by atoms with van der Waals surface area (Å²) in [5, 5.41) is 13.3. The number of alkyl halides is 3. The number of nitrogens with one attached hydrogen (secondary N) is 1. The summed E-state index contributed by atoms with van der Waals surface area (Å²) in [7, 11) is 0. The maximum Gasteiger partial charge on any atom is 0.391 e. The van der Waals surface area contributed by atoms with Crippen molar-refractivity contribution in [3.8, 4) is 5.69 Å². The lowest BCUT2D eigenvalue weighted by molar-refractivity contribution is -0.169. The van der Waals surface area contributed by atoms with Gasteiger partial charge in [0.1, 0.15) is 16.8 Å². The first kappa shape index (κ1) is 30.9. The molecule has 37 heavy (non-hydrogen) atoms. The maximum atomic E-state index is 14.9. The van der Waals surface area contributed by atoms with E-state index < -0.39 is 41.0 Å². The fourth-order valence-corrected chi connectivity index (χ4v) is 4.52. The summed E-state index contributed by atoms with van der Waals surface area (Å²) in [6.45, 7) is 4.99. The third-order valence-corrected chi connectivity index (χ3v) is 6.91. The van der Waals surface area contributed by atoms with Gasteiger partial charge in [0.25, 0.3) is 5.91 Å². The van der Waals surface area contributed by atoms with Gasteiger partial charge in [-0.25, -0.2) is 9.37 Å². The predicted molar refractivity (Wildman–Crippen MR) is 131 cm³/mol. The molecule has 0 radical (unpaired) electrons. The number of aliphatic hydroxyl groups is 1. The zero-order valence-electron chi connectivity index (χ0n) is 20.7. The summed E-state index contributed by atoms with van der Waals surface area (Å²) in [6.07, 6.45) is -1.47. The van der Waals surface area contributed by atoms with Gasteiger partial charge in [0, 0.05) is 13.0 Å². The van der Waals surface area contributed by atoms with Gasteiger partial charge in [0.2, 0.25) is 0 Å². The molecule has 1 aliphatic carbocycles. The molecule has 2 aromatic rings. The van der Waals surface area contributed by atoms with Gasteiger partial charge in [-0.2, -0.15) is 21.6 Å². The van der Waals surface area contributed by atoms with Crippen LogP contribution >= 0.6 is 11.6 Å². The van der Waals surface area contributed by atoms with Crippen LogP contribution in [0.5, 0.6) is 0 Å². The molecule has 1 unspecified atom stereocenters. The van der Waals surface area contributed by atoms with Crippen molar-refractivity contribution in [3.05, 3.63) is 46.3 Å². The van der Waals surface area contributed by atoms with Gasteiger partial charge < -0.3 is 10.4 Å². The van der Waals surface area contributed by atoms with Crippen molar-refractivity contribution in [1.29, 1.82) is 0 Å². The van der Waals surface area contributed by atoms with Crippen LogP contribution in [0.25, 0.3) is 5.69 Å². The van der Waals surface area contributed by atoms with Crippen LogP contribution in [-0.4, -0.2) is 47.3 Å². The predicted octanol–water partition coefficient (Wildman–Crippen LogP) is 4.97. The molecule has 0 saturated heterocycles. The number of aromatic nitrogens is 2. The Morgan fingerprint density at radius 3 is 2.43 bits per heavy atom. The second kappa shape index (κ2) is 13.0. The molecule has 1 heterocycles. The smallest absolute Gasteiger partial charge is 0.388 e. The largest absolute Gasteiger partial charge is 0.391 e. The van der Waals surface area contributed by atoms with Crippen molar-refractivity contribution in [2.75, 3.05) is 6.54 Å². The molecule has 0 bridgehead atoms. The molecule has 0 spiro atoms. The number of amides is 1. The summed E-state index contributed by atoms with van der Waals surface area (Å²) in [5.74, 6) is -2.10. The maximum absolute atomic E-state index is 14.9. The SMILES string of the molecule is CCc1nc(C(=O)NCC2(O)CCC(C)CC2)c(Cl)n1-c1ccc(CC(C)C(F)(F)F)cc1F.O=S=O. The van der Waals surface area contributed by atoms with Crippen molar-refractivity contribution in [1.82, 2.24) is 14.9 Å². The van der Waals surface area contributed by atoms with Gasteiger partial charge in [-0.3, -0.25) is 9.36 Å². The second-order valence-corrected chi connectivity index (χ2v) is 9.94. The minimum absolute atomic E-state index is 0.00305. The Bertz CT molecular complexity index is 1130. The molecule has 2 N–H and O–H groups in total. The summed E-state index contributed by atoms with van der Waals surface area (Å²) >= 11 is 5.68. The average Bonchev–Trinajstić information content (AvgIpc) is 3.16. The first-order chi connectivity index (χ1) is 17.3. The minimum atomic E-state index is -4.37. The molecule has 1 aromatic heterocycles. The van der Waals surface area contributed by atoms with E-state index in [-0.39, 0.29) is 35.1 Å². The Labute approximate surface area is 221 Å². The van der Waals surface area contributed by atoms with Crippen LogP contribution in [0.15, 0.2) is 18.2 Å². The molecule has 1 saturated carbocycles. The van der Waals surface area contributed by atoms with Crippen LogP contribution in [0.1, 0.15) is 68.3 Å². The van der Waals surface area contributed by atoms with Gasteiger partial charge in [-0.15, -0.1) is 0 Å². The van der Waals surface area contributed by atoms with Crippen molar-refractivity contribution >= 4 is 29.1 Å². The minimum Gasteiger partial charge on any atom is -0.388 e. The Hall–Kier alpha value is -2.31. The quantitative estimate of drug-likeness (QED) is 0.460. The number of carbonyl (C=O) groups excluding carboxylic acids is 1. The number of aryl methyl sites for hydroxylation is 1. The number of benzene rings is 1. The van der Waals surface area contributed by atoms with Crippen LogP contribution in [0, 0.1) is 17.7 Å². The molecule has 1 amide bonds. The summed E-state index contributed by atoms with van der Waals surface area (Å²) in [5.41, 5.74) is -0.883. The van der Waals surface area contributed by atoms with Gasteiger partial charge >= 0.3 is 17.7 Å². The highest BCUT2D eigenvalue weighted by atomic mass is 35.5. The highest BCUT2D eigenvalue weighted by Gasteiger charge is 2.36. The molecule has 1 aliphatic rings. The number of halogens is 5. The Balaban J connectivity index is 0.00000153. The topological polar surface area (TPSA) is 101 Å². The number of hydrogen-bond donors (Lipinski definition) is 2. The lowest BCUT2D eigenvalue weighted by atomic mass is 9.79. The first-order valence-electron chi connectivity index (χ1n) is 11.8. The summed E-state index contributed by atoms with van der Waals surface area (Å²) in [4.78, 5) is 17.1. The van der Waals surface area contributed by atoms with E-state index in [9.17, 15) is 27.5 Å². The van der Waals surface area contributed by atoms with E-state index >= 15 is 0 Å². The Kier molecular flexibility index (Phi) is 10.8. The van der Waals surface area contributed by atoms with Crippen molar-refractivity contribution < 1.29 is 35.9 Å². The molecule has 3 rings (SSSR count). The van der Waals surface area contributed by atoms with Gasteiger partial charge in [0.15, 0.2) is 5.69 Å². The second-order valence-electron chi connectivity index (χ2n) is 9.45. The van der Waals surface area contributed by atoms with Gasteiger partial charge in [0.05, 0.1) is 17.2 Å². The number of imidazole rings is 1. The molecule has 7 nitrogen and oxygen atoms in total. The zero-order chi connectivity index (χ0) is 28.0. The van der Waals surface area contributed by atoms with Crippen LogP contribution < -0.4 is 5.32 Å². The normalized spacial score (nSPS) is 20.5. The molecule has 1 aromatic carbocycles. The average molecular weight is 568 g/mol. The van der Waals surface area contributed by atoms with Crippen LogP contribution in [0.3, 0.4) is 0 Å². The molecular weight excluding hydrogens is 538 g/mol. The monoisotopic (exact) mass is 567 g/mol. The van der Waals surface area contributed by atoms with E-state index in [2.05, 4.69) is 17.2 Å². The lowest BCUT2D eigenvalue weighted by Crippen LogP contribution is -2.45. The van der Waals surface area contributed by atoms with E-state index in [4.69, 9.17) is 20.0 Å². The number of nitrogens with zero attached hydrogens (tertiary/aromatic N) is 2. The van der Waals surface area contributed by atoms with E-state index in [1.165, 1.54) is 16.7 Å². The molecule has 0 aliphatic heterocycles. The summed E-state index contributed by atoms with van der Waals surface area (Å²) < 4.78 is 71.4. The van der Waals surface area contributed by atoms with E-state index in [1.807, 2.05) is 0 Å². The van der Waals surface area contributed by atoms with E-state index in [0.717, 1.165) is 25.8 Å². The molecule has 206 valence electrons. The Morgan fingerprint density at radius 1 is 1.32 bits per heavy atom. The highest BCUT2D eigenvalue weighted by Crippen LogP contribution is 2.32. The zero-order valence-corrected chi connectivity index (χ0v) is 22.3. The lowest BCUT2D eigenvalue weighted by Gasteiger charge is -2.34. The fraction of sp³-hybridized carbons (Fsp3) is 0.583. The molecule has 1 atom stereocenters. The van der Waals surface area contributed by atoms with Crippen molar-refractivity contribution in [2.24, 2.45) is 11.8 Å². The third-order valence-electron chi connectivity index (χ3n) is 6.56. The fourth-order valence-electron chi connectivity index (χ4n) is 4.20. The van der Waals surface area contributed by atoms with Crippen LogP contribution in [0.2, 0.25) is 5.15 Å². The van der Waals surface area contributed by atoms with E-state index in [1.54, 1.807) is 6.92 Å². The summed E-state index contributed by atoms with van der Waals surface area (Å²) in [6, 6.07) is 3.80.